The minimum Gasteiger partial charge on any atom is -0.494 e. The molecule has 0 spiro atoms. The van der Waals surface area contributed by atoms with Gasteiger partial charge < -0.3 is 19.9 Å². The minimum absolute atomic E-state index is 0.104. The third-order valence-electron chi connectivity index (χ3n) is 6.87. The normalized spacial score (nSPS) is 22.1. The summed E-state index contributed by atoms with van der Waals surface area (Å²) in [6.07, 6.45) is 4.03. The lowest BCUT2D eigenvalue weighted by Gasteiger charge is -2.33. The molecule has 0 radical (unpaired) electrons. The third kappa shape index (κ3) is 4.06. The molecule has 2 fully saturated rings. The molecule has 176 valence electrons. The van der Waals surface area contributed by atoms with Gasteiger partial charge >= 0.3 is 11.9 Å². The van der Waals surface area contributed by atoms with Crippen LogP contribution in [0.25, 0.3) is 0 Å². The molecule has 3 aliphatic heterocycles. The average Bonchev–Trinajstić information content (AvgIpc) is 3.37. The van der Waals surface area contributed by atoms with Crippen LogP contribution >= 0.6 is 0 Å². The standard InChI is InChI=1S/C23H27N3O7/c1-14-17(22(29)33-13-23-8-4-10-25(23)11-5-9-23)18(19(20(27)24-14)21(28)32-2)15-6-3-7-16(12-15)26(30)31/h3,6-7,12,18,24,27H,4-5,8-11,13H2,1-2H3. The quantitative estimate of drug-likeness (QED) is 0.376. The van der Waals surface area contributed by atoms with Crippen LogP contribution in [-0.4, -0.2) is 59.2 Å². The van der Waals surface area contributed by atoms with E-state index < -0.39 is 28.7 Å². The van der Waals surface area contributed by atoms with E-state index in [0.29, 0.717) is 11.3 Å². The lowest BCUT2D eigenvalue weighted by atomic mass is 9.81. The summed E-state index contributed by atoms with van der Waals surface area (Å²) >= 11 is 0. The Kier molecular flexibility index (Phi) is 6.11. The molecule has 0 amide bonds. The summed E-state index contributed by atoms with van der Waals surface area (Å²) in [5.74, 6) is -3.06. The molecule has 33 heavy (non-hydrogen) atoms. The minimum atomic E-state index is -1.09. The zero-order chi connectivity index (χ0) is 23.8. The number of nitrogens with one attached hydrogen (secondary N) is 1. The SMILES string of the molecule is COC(=O)C1=C(O)NC(C)=C(C(=O)OCC23CCCN2CCC3)C1c1cccc([N+](=O)[O-])c1. The summed E-state index contributed by atoms with van der Waals surface area (Å²) in [5.41, 5.74) is 0.131. The number of methoxy groups -OCH3 is 1. The number of rotatable bonds is 6. The molecule has 4 rings (SSSR count). The zero-order valence-electron chi connectivity index (χ0n) is 18.6. The van der Waals surface area contributed by atoms with Crippen molar-refractivity contribution in [2.75, 3.05) is 26.8 Å². The lowest BCUT2D eigenvalue weighted by molar-refractivity contribution is -0.384. The number of nitro benzene ring substituents is 1. The van der Waals surface area contributed by atoms with Crippen LogP contribution < -0.4 is 5.32 Å². The van der Waals surface area contributed by atoms with Gasteiger partial charge in [0.05, 0.1) is 29.1 Å². The van der Waals surface area contributed by atoms with Gasteiger partial charge in [-0.1, -0.05) is 12.1 Å². The Hall–Kier alpha value is -3.40. The molecular weight excluding hydrogens is 430 g/mol. The van der Waals surface area contributed by atoms with Crippen LogP contribution in [0.5, 0.6) is 0 Å². The number of allylic oxidation sites excluding steroid dienone is 1. The Labute approximate surface area is 191 Å². The largest absolute Gasteiger partial charge is 0.494 e. The summed E-state index contributed by atoms with van der Waals surface area (Å²) < 4.78 is 10.6. The van der Waals surface area contributed by atoms with E-state index in [1.165, 1.54) is 18.2 Å². The molecule has 0 saturated carbocycles. The number of carbonyl (C=O) groups is 2. The van der Waals surface area contributed by atoms with Crippen molar-refractivity contribution in [1.82, 2.24) is 10.2 Å². The number of ether oxygens (including phenoxy) is 2. The van der Waals surface area contributed by atoms with E-state index in [1.54, 1.807) is 13.0 Å². The second-order valence-corrected chi connectivity index (χ2v) is 8.70. The number of nitrogens with zero attached hydrogens (tertiary/aromatic N) is 2. The number of carbonyl (C=O) groups excluding carboxylic acids is 2. The van der Waals surface area contributed by atoms with Crippen molar-refractivity contribution in [2.24, 2.45) is 0 Å². The molecule has 3 heterocycles. The Bertz CT molecular complexity index is 1050. The summed E-state index contributed by atoms with van der Waals surface area (Å²) in [6, 6.07) is 5.62. The molecule has 1 aromatic carbocycles. The van der Waals surface area contributed by atoms with Gasteiger partial charge in [-0.25, -0.2) is 9.59 Å². The highest BCUT2D eigenvalue weighted by Gasteiger charge is 2.46. The molecule has 3 aliphatic rings. The summed E-state index contributed by atoms with van der Waals surface area (Å²) in [5, 5.41) is 24.5. The number of aliphatic hydroxyl groups is 1. The van der Waals surface area contributed by atoms with Crippen LogP contribution in [0.2, 0.25) is 0 Å². The molecule has 10 heteroatoms. The number of benzene rings is 1. The highest BCUT2D eigenvalue weighted by Crippen LogP contribution is 2.42. The fourth-order valence-corrected chi connectivity index (χ4v) is 5.30. The second-order valence-electron chi connectivity index (χ2n) is 8.70. The maximum atomic E-state index is 13.4. The molecule has 0 aliphatic carbocycles. The van der Waals surface area contributed by atoms with Crippen molar-refractivity contribution >= 4 is 17.6 Å². The van der Waals surface area contributed by atoms with E-state index in [2.05, 4.69) is 10.2 Å². The van der Waals surface area contributed by atoms with Gasteiger partial charge in [-0.15, -0.1) is 0 Å². The molecule has 1 aromatic rings. The van der Waals surface area contributed by atoms with Gasteiger partial charge in [0.25, 0.3) is 5.69 Å². The van der Waals surface area contributed by atoms with Crippen molar-refractivity contribution in [3.05, 3.63) is 62.7 Å². The van der Waals surface area contributed by atoms with E-state index in [4.69, 9.17) is 9.47 Å². The number of nitro groups is 1. The molecule has 1 atom stereocenters. The van der Waals surface area contributed by atoms with Crippen LogP contribution in [-0.2, 0) is 19.1 Å². The maximum absolute atomic E-state index is 13.4. The lowest BCUT2D eigenvalue weighted by Crippen LogP contribution is -2.43. The van der Waals surface area contributed by atoms with Gasteiger partial charge in [-0.3, -0.25) is 15.0 Å². The predicted molar refractivity (Wildman–Crippen MR) is 117 cm³/mol. The van der Waals surface area contributed by atoms with Gasteiger partial charge in [0, 0.05) is 17.8 Å². The molecule has 10 nitrogen and oxygen atoms in total. The van der Waals surface area contributed by atoms with Crippen molar-refractivity contribution in [2.45, 2.75) is 44.1 Å². The van der Waals surface area contributed by atoms with Gasteiger partial charge in [0.1, 0.15) is 12.2 Å². The first-order valence-electron chi connectivity index (χ1n) is 10.9. The van der Waals surface area contributed by atoms with Gasteiger partial charge in [-0.05, 0) is 51.3 Å². The van der Waals surface area contributed by atoms with E-state index in [0.717, 1.165) is 45.9 Å². The van der Waals surface area contributed by atoms with Crippen LogP contribution in [0.15, 0.2) is 47.0 Å². The summed E-state index contributed by atoms with van der Waals surface area (Å²) in [4.78, 5) is 39.1. The average molecular weight is 457 g/mol. The smallest absolute Gasteiger partial charge is 0.340 e. The van der Waals surface area contributed by atoms with E-state index in [1.807, 2.05) is 0 Å². The Balaban J connectivity index is 1.70. The number of fused-ring (bicyclic) bond motifs is 1. The Morgan fingerprint density at radius 2 is 1.94 bits per heavy atom. The Morgan fingerprint density at radius 3 is 2.58 bits per heavy atom. The number of esters is 2. The summed E-state index contributed by atoms with van der Waals surface area (Å²) in [7, 11) is 1.16. The molecule has 0 aromatic heterocycles. The van der Waals surface area contributed by atoms with Gasteiger partial charge in [-0.2, -0.15) is 0 Å². The Morgan fingerprint density at radius 1 is 1.24 bits per heavy atom. The van der Waals surface area contributed by atoms with Crippen molar-refractivity contribution in [1.29, 1.82) is 0 Å². The number of hydrogen-bond acceptors (Lipinski definition) is 9. The first-order valence-corrected chi connectivity index (χ1v) is 10.9. The van der Waals surface area contributed by atoms with Crippen LogP contribution in [0, 0.1) is 10.1 Å². The number of hydrogen-bond donors (Lipinski definition) is 2. The zero-order valence-corrected chi connectivity index (χ0v) is 18.6. The van der Waals surface area contributed by atoms with Crippen molar-refractivity contribution in [3.63, 3.8) is 0 Å². The fraction of sp³-hybridized carbons (Fsp3) is 0.478. The molecule has 0 bridgehead atoms. The monoisotopic (exact) mass is 457 g/mol. The first-order chi connectivity index (χ1) is 15.8. The van der Waals surface area contributed by atoms with E-state index in [9.17, 15) is 24.8 Å². The predicted octanol–water partition coefficient (Wildman–Crippen LogP) is 2.67. The van der Waals surface area contributed by atoms with Crippen molar-refractivity contribution in [3.8, 4) is 0 Å². The van der Waals surface area contributed by atoms with Gasteiger partial charge in [0.15, 0.2) is 5.88 Å². The fourth-order valence-electron chi connectivity index (χ4n) is 5.30. The van der Waals surface area contributed by atoms with Gasteiger partial charge in [0.2, 0.25) is 0 Å². The van der Waals surface area contributed by atoms with Crippen LogP contribution in [0.3, 0.4) is 0 Å². The number of aliphatic hydroxyl groups excluding tert-OH is 1. The molecule has 2 N–H and O–H groups in total. The first kappa shape index (κ1) is 22.8. The number of non-ortho nitro benzene ring substituents is 1. The van der Waals surface area contributed by atoms with E-state index >= 15 is 0 Å². The number of dihydropyridines is 1. The van der Waals surface area contributed by atoms with Crippen LogP contribution in [0.4, 0.5) is 5.69 Å². The molecule has 1 unspecified atom stereocenters. The van der Waals surface area contributed by atoms with Crippen molar-refractivity contribution < 1.29 is 29.1 Å². The molecular formula is C23H27N3O7. The second kappa shape index (κ2) is 8.86. The highest BCUT2D eigenvalue weighted by atomic mass is 16.6. The third-order valence-corrected chi connectivity index (χ3v) is 6.87. The van der Waals surface area contributed by atoms with Crippen LogP contribution in [0.1, 0.15) is 44.1 Å². The summed E-state index contributed by atoms with van der Waals surface area (Å²) in [6.45, 7) is 3.79. The topological polar surface area (TPSA) is 131 Å². The maximum Gasteiger partial charge on any atom is 0.340 e. The highest BCUT2D eigenvalue weighted by molar-refractivity contribution is 5.99. The molecule has 2 saturated heterocycles. The van der Waals surface area contributed by atoms with E-state index in [-0.39, 0.29) is 29.0 Å².